The zero-order chi connectivity index (χ0) is 21.1. The number of amides is 1. The van der Waals surface area contributed by atoms with Crippen LogP contribution in [0.3, 0.4) is 0 Å². The molecular weight excluding hydrogens is 376 g/mol. The number of rotatable bonds is 11. The Morgan fingerprint density at radius 3 is 2.66 bits per heavy atom. The predicted octanol–water partition coefficient (Wildman–Crippen LogP) is 2.65. The molecule has 1 aromatic carbocycles. The largest absolute Gasteiger partial charge is 0.490 e. The monoisotopic (exact) mass is 410 g/mol. The van der Waals surface area contributed by atoms with Crippen molar-refractivity contribution in [1.29, 1.82) is 0 Å². The third-order valence-electron chi connectivity index (χ3n) is 4.79. The normalized spacial score (nSPS) is 18.8. The minimum absolute atomic E-state index is 0.170. The van der Waals surface area contributed by atoms with Gasteiger partial charge >= 0.3 is 6.09 Å². The second-order valence-corrected chi connectivity index (χ2v) is 6.96. The van der Waals surface area contributed by atoms with Crippen molar-refractivity contribution in [1.82, 2.24) is 4.90 Å². The molecule has 0 spiro atoms. The number of benzene rings is 1. The molecule has 0 bridgehead atoms. The van der Waals surface area contributed by atoms with Crippen LogP contribution in [-0.4, -0.2) is 69.4 Å². The van der Waals surface area contributed by atoms with E-state index >= 15 is 0 Å². The molecule has 2 N–H and O–H groups in total. The summed E-state index contributed by atoms with van der Waals surface area (Å²) in [5, 5.41) is 0. The summed E-state index contributed by atoms with van der Waals surface area (Å²) < 4.78 is 27.9. The van der Waals surface area contributed by atoms with Crippen LogP contribution in [-0.2, 0) is 14.2 Å². The molecule has 164 valence electrons. The van der Waals surface area contributed by atoms with Crippen molar-refractivity contribution in [3.05, 3.63) is 24.3 Å². The van der Waals surface area contributed by atoms with E-state index in [1.807, 2.05) is 38.1 Å². The summed E-state index contributed by atoms with van der Waals surface area (Å²) in [5.74, 6) is 1.61. The molecule has 1 aliphatic rings. The topological polar surface area (TPSA) is 92.5 Å². The number of carbonyl (C=O) groups is 1. The van der Waals surface area contributed by atoms with E-state index in [1.165, 1.54) is 0 Å². The highest BCUT2D eigenvalue weighted by Crippen LogP contribution is 2.26. The van der Waals surface area contributed by atoms with E-state index < -0.39 is 0 Å². The zero-order valence-corrected chi connectivity index (χ0v) is 17.7. The lowest BCUT2D eigenvalue weighted by Crippen LogP contribution is -2.48. The van der Waals surface area contributed by atoms with Crippen LogP contribution >= 0.6 is 0 Å². The summed E-state index contributed by atoms with van der Waals surface area (Å²) in [5.41, 5.74) is 5.90. The van der Waals surface area contributed by atoms with E-state index in [1.54, 1.807) is 4.90 Å². The van der Waals surface area contributed by atoms with E-state index in [0.29, 0.717) is 44.4 Å². The number of hydrogen-bond acceptors (Lipinski definition) is 7. The molecule has 2 rings (SSSR count). The minimum atomic E-state index is -0.381. The maximum Gasteiger partial charge on any atom is 0.410 e. The van der Waals surface area contributed by atoms with E-state index in [4.69, 9.17) is 29.4 Å². The van der Waals surface area contributed by atoms with Gasteiger partial charge in [0.25, 0.3) is 0 Å². The number of hydrogen-bond donors (Lipinski definition) is 1. The molecular formula is C21H34N2O6. The summed E-state index contributed by atoms with van der Waals surface area (Å²) in [6, 6.07) is 7.49. The van der Waals surface area contributed by atoms with E-state index in [2.05, 4.69) is 6.92 Å². The molecule has 1 heterocycles. The van der Waals surface area contributed by atoms with Gasteiger partial charge in [-0.3, -0.25) is 0 Å². The highest BCUT2D eigenvalue weighted by molar-refractivity contribution is 5.67. The van der Waals surface area contributed by atoms with Crippen LogP contribution < -0.4 is 15.2 Å². The molecule has 3 unspecified atom stereocenters. The van der Waals surface area contributed by atoms with Gasteiger partial charge in [-0.05, 0) is 31.4 Å². The molecule has 1 aromatic rings. The molecule has 8 heteroatoms. The maximum absolute atomic E-state index is 12.3. The van der Waals surface area contributed by atoms with Crippen LogP contribution in [0.25, 0.3) is 0 Å². The van der Waals surface area contributed by atoms with E-state index in [-0.39, 0.29) is 37.6 Å². The lowest BCUT2D eigenvalue weighted by atomic mass is 10.1. The number of carbonyl (C=O) groups excluding carboxylic acids is 1. The van der Waals surface area contributed by atoms with Crippen molar-refractivity contribution in [2.24, 2.45) is 11.7 Å². The van der Waals surface area contributed by atoms with Gasteiger partial charge < -0.3 is 34.3 Å². The van der Waals surface area contributed by atoms with Crippen molar-refractivity contribution < 1.29 is 28.5 Å². The SMILES string of the molecule is CCOc1ccccc1OCC1CN(C(=O)OCCOC(N)C(C)CC)CCO1. The van der Waals surface area contributed by atoms with Crippen LogP contribution in [0.4, 0.5) is 4.79 Å². The standard InChI is InChI=1S/C21H34N2O6/c1-4-16(3)20(22)27-12-13-28-21(24)23-10-11-26-17(14-23)15-29-19-9-7-6-8-18(19)25-5-2/h6-9,16-17,20H,4-5,10-15,22H2,1-3H3. The van der Waals surface area contributed by atoms with Gasteiger partial charge in [-0.25, -0.2) is 4.79 Å². The number of para-hydroxylation sites is 2. The first-order chi connectivity index (χ1) is 14.0. The lowest BCUT2D eigenvalue weighted by Gasteiger charge is -2.32. The smallest absolute Gasteiger partial charge is 0.410 e. The van der Waals surface area contributed by atoms with Gasteiger partial charge in [-0.2, -0.15) is 0 Å². The quantitative estimate of drug-likeness (QED) is 0.443. The van der Waals surface area contributed by atoms with E-state index in [0.717, 1.165) is 6.42 Å². The lowest BCUT2D eigenvalue weighted by molar-refractivity contribution is -0.0507. The Labute approximate surface area is 173 Å². The van der Waals surface area contributed by atoms with Gasteiger partial charge in [0.05, 0.1) is 26.4 Å². The average molecular weight is 411 g/mol. The Kier molecular flexibility index (Phi) is 10.0. The van der Waals surface area contributed by atoms with Crippen molar-refractivity contribution in [3.8, 4) is 11.5 Å². The average Bonchev–Trinajstić information content (AvgIpc) is 2.75. The fourth-order valence-electron chi connectivity index (χ4n) is 2.81. The molecule has 29 heavy (non-hydrogen) atoms. The first-order valence-corrected chi connectivity index (χ1v) is 10.3. The Bertz CT molecular complexity index is 615. The van der Waals surface area contributed by atoms with Crippen molar-refractivity contribution in [3.63, 3.8) is 0 Å². The molecule has 0 radical (unpaired) electrons. The molecule has 0 saturated carbocycles. The minimum Gasteiger partial charge on any atom is -0.490 e. The third-order valence-corrected chi connectivity index (χ3v) is 4.79. The Morgan fingerprint density at radius 2 is 1.97 bits per heavy atom. The summed E-state index contributed by atoms with van der Waals surface area (Å²) in [7, 11) is 0. The van der Waals surface area contributed by atoms with Gasteiger partial charge in [0.15, 0.2) is 11.5 Å². The number of nitrogens with zero attached hydrogens (tertiary/aromatic N) is 1. The van der Waals surface area contributed by atoms with Gasteiger partial charge in [0, 0.05) is 6.54 Å². The molecule has 8 nitrogen and oxygen atoms in total. The first-order valence-electron chi connectivity index (χ1n) is 10.3. The predicted molar refractivity (Wildman–Crippen MR) is 109 cm³/mol. The summed E-state index contributed by atoms with van der Waals surface area (Å²) >= 11 is 0. The molecule has 1 fully saturated rings. The van der Waals surface area contributed by atoms with E-state index in [9.17, 15) is 4.79 Å². The van der Waals surface area contributed by atoms with Crippen LogP contribution in [0, 0.1) is 5.92 Å². The fraction of sp³-hybridized carbons (Fsp3) is 0.667. The van der Waals surface area contributed by atoms with Crippen molar-refractivity contribution in [2.75, 3.05) is 46.1 Å². The van der Waals surface area contributed by atoms with Crippen LogP contribution in [0.2, 0.25) is 0 Å². The van der Waals surface area contributed by atoms with Crippen LogP contribution in [0.15, 0.2) is 24.3 Å². The molecule has 1 aliphatic heterocycles. The Balaban J connectivity index is 1.72. The second-order valence-electron chi connectivity index (χ2n) is 6.96. The van der Waals surface area contributed by atoms with Crippen LogP contribution in [0.5, 0.6) is 11.5 Å². The summed E-state index contributed by atoms with van der Waals surface area (Å²) in [6.07, 6.45) is -0.0225. The Morgan fingerprint density at radius 1 is 1.24 bits per heavy atom. The van der Waals surface area contributed by atoms with Crippen molar-refractivity contribution in [2.45, 2.75) is 39.5 Å². The van der Waals surface area contributed by atoms with Gasteiger partial charge in [-0.1, -0.05) is 26.0 Å². The summed E-state index contributed by atoms with van der Waals surface area (Å²) in [4.78, 5) is 13.9. The van der Waals surface area contributed by atoms with Crippen LogP contribution in [0.1, 0.15) is 27.2 Å². The number of nitrogens with two attached hydrogens (primary N) is 1. The van der Waals surface area contributed by atoms with Gasteiger partial charge in [0.2, 0.25) is 0 Å². The molecule has 0 aromatic heterocycles. The molecule has 0 aliphatic carbocycles. The molecule has 1 saturated heterocycles. The molecule has 1 amide bonds. The Hall–Kier alpha value is -2.03. The van der Waals surface area contributed by atoms with Gasteiger partial charge in [0.1, 0.15) is 25.5 Å². The number of morpholine rings is 1. The van der Waals surface area contributed by atoms with Crippen molar-refractivity contribution >= 4 is 6.09 Å². The van der Waals surface area contributed by atoms with Gasteiger partial charge in [-0.15, -0.1) is 0 Å². The number of ether oxygens (including phenoxy) is 5. The highest BCUT2D eigenvalue weighted by atomic mass is 16.6. The summed E-state index contributed by atoms with van der Waals surface area (Å²) in [6.45, 7) is 8.67. The zero-order valence-electron chi connectivity index (χ0n) is 17.7. The second kappa shape index (κ2) is 12.5. The molecule has 3 atom stereocenters. The third kappa shape index (κ3) is 7.72. The maximum atomic E-state index is 12.3. The fourth-order valence-corrected chi connectivity index (χ4v) is 2.81. The highest BCUT2D eigenvalue weighted by Gasteiger charge is 2.26. The first kappa shape index (κ1) is 23.3.